The van der Waals surface area contributed by atoms with Gasteiger partial charge in [0.2, 0.25) is 0 Å². The summed E-state index contributed by atoms with van der Waals surface area (Å²) in [5.74, 6) is 2.41. The third-order valence-corrected chi connectivity index (χ3v) is 1.08. The zero-order valence-corrected chi connectivity index (χ0v) is 6.38. The second-order valence-corrected chi connectivity index (χ2v) is 2.05. The van der Waals surface area contributed by atoms with Crippen LogP contribution in [0.15, 0.2) is 0 Å². The van der Waals surface area contributed by atoms with E-state index in [1.54, 1.807) is 5.43 Å². The molecule has 0 aromatic rings. The minimum absolute atomic E-state index is 0.590. The fourth-order valence-corrected chi connectivity index (χ4v) is 0.525. The Kier molecular flexibility index (Phi) is 4.12. The maximum absolute atomic E-state index is 11.7. The quantitative estimate of drug-likeness (QED) is 0.240. The zero-order valence-electron chi connectivity index (χ0n) is 6.38. The van der Waals surface area contributed by atoms with Crippen molar-refractivity contribution in [3.05, 3.63) is 0 Å². The number of amides is 2. The number of carbonyl (C=O) groups is 2. The number of nitrogens with zero attached hydrogens (tertiary/aromatic N) is 1. The normalized spacial score (nSPS) is 9.75. The molecular formula is C5H9F2N3O2. The van der Waals surface area contributed by atoms with E-state index >= 15 is 0 Å². The smallest absolute Gasteiger partial charge is 0.323 e. The summed E-state index contributed by atoms with van der Waals surface area (Å²) in [6.45, 7) is -0.785. The van der Waals surface area contributed by atoms with Crippen molar-refractivity contribution in [2.24, 2.45) is 5.84 Å². The van der Waals surface area contributed by atoms with E-state index in [1.165, 1.54) is 0 Å². The summed E-state index contributed by atoms with van der Waals surface area (Å²) < 4.78 is 23.3. The third-order valence-electron chi connectivity index (χ3n) is 1.08. The lowest BCUT2D eigenvalue weighted by molar-refractivity contribution is -0.146. The minimum Gasteiger partial charge on any atom is -0.332 e. The van der Waals surface area contributed by atoms with E-state index in [2.05, 4.69) is 5.84 Å². The number of hydrogen-bond acceptors (Lipinski definition) is 3. The average Bonchev–Trinajstić information content (AvgIpc) is 2.00. The lowest BCUT2D eigenvalue weighted by Gasteiger charge is -2.14. The number of nitrogens with two attached hydrogens (primary N) is 1. The van der Waals surface area contributed by atoms with Crippen LogP contribution in [0.5, 0.6) is 0 Å². The number of halogens is 2. The Bertz CT molecular complexity index is 186. The molecule has 0 unspecified atom stereocenters. The average molecular weight is 181 g/mol. The van der Waals surface area contributed by atoms with Gasteiger partial charge in [0.25, 0.3) is 6.43 Å². The number of hydrogen-bond donors (Lipinski definition) is 2. The molecule has 0 aromatic heterocycles. The second-order valence-electron chi connectivity index (χ2n) is 2.05. The highest BCUT2D eigenvalue weighted by Crippen LogP contribution is 1.95. The van der Waals surface area contributed by atoms with Crippen LogP contribution < -0.4 is 11.3 Å². The number of nitrogens with one attached hydrogen (secondary N) is 1. The van der Waals surface area contributed by atoms with Crippen LogP contribution in [0.3, 0.4) is 0 Å². The number of hydrazine groups is 1. The molecular weight excluding hydrogens is 172 g/mol. The molecule has 0 fully saturated rings. The Labute approximate surface area is 67.5 Å². The first-order chi connectivity index (χ1) is 5.49. The Balaban J connectivity index is 4.01. The molecule has 5 nitrogen and oxygen atoms in total. The second kappa shape index (κ2) is 4.60. The molecule has 0 aliphatic carbocycles. The summed E-state index contributed by atoms with van der Waals surface area (Å²) in [7, 11) is 1.09. The van der Waals surface area contributed by atoms with Gasteiger partial charge in [-0.05, 0) is 0 Å². The lowest BCUT2D eigenvalue weighted by atomic mass is 10.5. The molecule has 2 amide bonds. The van der Waals surface area contributed by atoms with Crippen LogP contribution in [0.2, 0.25) is 0 Å². The molecule has 0 radical (unpaired) electrons. The van der Waals surface area contributed by atoms with Crippen molar-refractivity contribution in [1.82, 2.24) is 10.3 Å². The van der Waals surface area contributed by atoms with E-state index < -0.39 is 24.8 Å². The highest BCUT2D eigenvalue weighted by atomic mass is 19.3. The van der Waals surface area contributed by atoms with Gasteiger partial charge >= 0.3 is 11.8 Å². The number of alkyl halides is 2. The van der Waals surface area contributed by atoms with Crippen LogP contribution in [-0.4, -0.2) is 36.7 Å². The van der Waals surface area contributed by atoms with Gasteiger partial charge in [0, 0.05) is 7.05 Å². The number of carbonyl (C=O) groups excluding carboxylic acids is 2. The van der Waals surface area contributed by atoms with Crippen LogP contribution in [0.4, 0.5) is 8.78 Å². The van der Waals surface area contributed by atoms with Gasteiger partial charge in [0.05, 0.1) is 6.54 Å². The van der Waals surface area contributed by atoms with E-state index in [-0.39, 0.29) is 0 Å². The summed E-state index contributed by atoms with van der Waals surface area (Å²) in [5, 5.41) is 0. The molecule has 0 saturated heterocycles. The summed E-state index contributed by atoms with van der Waals surface area (Å²) in [4.78, 5) is 21.8. The standard InChI is InChI=1S/C5H9F2N3O2/c1-10(2-3(6)7)5(12)4(11)9-8/h3H,2,8H2,1H3,(H,9,11). The van der Waals surface area contributed by atoms with Crippen molar-refractivity contribution in [2.45, 2.75) is 6.43 Å². The monoisotopic (exact) mass is 181 g/mol. The van der Waals surface area contributed by atoms with Gasteiger partial charge in [-0.1, -0.05) is 0 Å². The van der Waals surface area contributed by atoms with Crippen LogP contribution in [-0.2, 0) is 9.59 Å². The maximum Gasteiger partial charge on any atom is 0.323 e. The van der Waals surface area contributed by atoms with Crippen molar-refractivity contribution in [3.8, 4) is 0 Å². The van der Waals surface area contributed by atoms with Crippen LogP contribution in [0.25, 0.3) is 0 Å². The molecule has 0 heterocycles. The minimum atomic E-state index is -2.66. The largest absolute Gasteiger partial charge is 0.332 e. The zero-order chi connectivity index (χ0) is 9.72. The van der Waals surface area contributed by atoms with Crippen molar-refractivity contribution in [2.75, 3.05) is 13.6 Å². The molecule has 0 aliphatic rings. The number of likely N-dealkylation sites (N-methyl/N-ethyl adjacent to an activating group) is 1. The summed E-state index contributed by atoms with van der Waals surface area (Å²) in [6, 6.07) is 0. The van der Waals surface area contributed by atoms with Gasteiger partial charge in [0.15, 0.2) is 0 Å². The lowest BCUT2D eigenvalue weighted by Crippen LogP contribution is -2.45. The maximum atomic E-state index is 11.7. The molecule has 0 aromatic carbocycles. The predicted molar refractivity (Wildman–Crippen MR) is 36.0 cm³/mol. The van der Waals surface area contributed by atoms with Gasteiger partial charge in [-0.25, -0.2) is 14.6 Å². The molecule has 3 N–H and O–H groups in total. The van der Waals surface area contributed by atoms with Crippen LogP contribution in [0, 0.1) is 0 Å². The first-order valence-electron chi connectivity index (χ1n) is 3.03. The topological polar surface area (TPSA) is 75.4 Å². The molecule has 70 valence electrons. The fraction of sp³-hybridized carbons (Fsp3) is 0.600. The molecule has 0 spiro atoms. The van der Waals surface area contributed by atoms with Gasteiger partial charge in [-0.2, -0.15) is 0 Å². The van der Waals surface area contributed by atoms with Gasteiger partial charge in [-0.3, -0.25) is 15.0 Å². The van der Waals surface area contributed by atoms with Gasteiger partial charge in [0.1, 0.15) is 0 Å². The van der Waals surface area contributed by atoms with E-state index in [0.717, 1.165) is 7.05 Å². The SMILES string of the molecule is CN(CC(F)F)C(=O)C(=O)NN. The molecule has 0 saturated carbocycles. The number of rotatable bonds is 2. The molecule has 0 rings (SSSR count). The van der Waals surface area contributed by atoms with Crippen molar-refractivity contribution >= 4 is 11.8 Å². The highest BCUT2D eigenvalue weighted by Gasteiger charge is 2.19. The van der Waals surface area contributed by atoms with Gasteiger partial charge in [-0.15, -0.1) is 0 Å². The van der Waals surface area contributed by atoms with Crippen molar-refractivity contribution < 1.29 is 18.4 Å². The summed E-state index contributed by atoms with van der Waals surface area (Å²) >= 11 is 0. The van der Waals surface area contributed by atoms with Gasteiger partial charge < -0.3 is 4.90 Å². The molecule has 0 bridgehead atoms. The molecule has 0 atom stereocenters. The van der Waals surface area contributed by atoms with E-state index in [1.807, 2.05) is 0 Å². The van der Waals surface area contributed by atoms with Crippen LogP contribution in [0.1, 0.15) is 0 Å². The Morgan fingerprint density at radius 1 is 1.58 bits per heavy atom. The van der Waals surface area contributed by atoms with Crippen molar-refractivity contribution in [3.63, 3.8) is 0 Å². The fourth-order valence-electron chi connectivity index (χ4n) is 0.525. The van der Waals surface area contributed by atoms with E-state index in [9.17, 15) is 18.4 Å². The highest BCUT2D eigenvalue weighted by molar-refractivity contribution is 6.34. The van der Waals surface area contributed by atoms with E-state index in [0.29, 0.717) is 4.90 Å². The Morgan fingerprint density at radius 3 is 2.42 bits per heavy atom. The molecule has 0 aliphatic heterocycles. The predicted octanol–water partition coefficient (Wildman–Crippen LogP) is -1.30. The molecule has 7 heteroatoms. The summed E-state index contributed by atoms with van der Waals surface area (Å²) in [6.07, 6.45) is -2.66. The third kappa shape index (κ3) is 3.24. The molecule has 12 heavy (non-hydrogen) atoms. The van der Waals surface area contributed by atoms with Crippen molar-refractivity contribution in [1.29, 1.82) is 0 Å². The van der Waals surface area contributed by atoms with Crippen LogP contribution >= 0.6 is 0 Å². The first kappa shape index (κ1) is 10.8. The first-order valence-corrected chi connectivity index (χ1v) is 3.03. The Morgan fingerprint density at radius 2 is 2.08 bits per heavy atom. The Hall–Kier alpha value is -1.24. The van der Waals surface area contributed by atoms with E-state index in [4.69, 9.17) is 0 Å². The summed E-state index contributed by atoms with van der Waals surface area (Å²) in [5.41, 5.74) is 1.54.